The van der Waals surface area contributed by atoms with E-state index in [0.29, 0.717) is 30.7 Å². The quantitative estimate of drug-likeness (QED) is 0.231. The van der Waals surface area contributed by atoms with Crippen LogP contribution >= 0.6 is 11.3 Å². The van der Waals surface area contributed by atoms with Crippen LogP contribution in [-0.2, 0) is 32.0 Å². The summed E-state index contributed by atoms with van der Waals surface area (Å²) in [5.41, 5.74) is 1.80. The van der Waals surface area contributed by atoms with E-state index in [1.807, 2.05) is 44.2 Å². The van der Waals surface area contributed by atoms with Crippen molar-refractivity contribution in [3.63, 3.8) is 0 Å². The predicted octanol–water partition coefficient (Wildman–Crippen LogP) is 2.80. The van der Waals surface area contributed by atoms with Gasteiger partial charge in [0.05, 0.1) is 23.9 Å². The zero-order valence-corrected chi connectivity index (χ0v) is 24.9. The fourth-order valence-corrected chi connectivity index (χ4v) is 5.26. The molecule has 3 heterocycles. The first kappa shape index (κ1) is 31.0. The van der Waals surface area contributed by atoms with Crippen molar-refractivity contribution in [2.75, 3.05) is 6.61 Å². The highest BCUT2D eigenvalue weighted by molar-refractivity contribution is 7.13. The SMILES string of the molecule is Cc1ncc(C(=O)NC(CCc2ccccc2)C(=O)N[C@@H](Cc2ccncc2)C(=O)N[C@@H](CC(C)C)C(=O)[C@H]2CO2)s1. The van der Waals surface area contributed by atoms with Crippen molar-refractivity contribution >= 4 is 34.8 Å². The Morgan fingerprint density at radius 3 is 2.21 bits per heavy atom. The molecule has 1 aliphatic heterocycles. The molecule has 0 aliphatic carbocycles. The first-order valence-electron chi connectivity index (χ1n) is 14.1. The van der Waals surface area contributed by atoms with Gasteiger partial charge in [-0.15, -0.1) is 11.3 Å². The average Bonchev–Trinajstić information content (AvgIpc) is 3.74. The molecular formula is C31H37N5O5S. The number of ketones is 1. The van der Waals surface area contributed by atoms with Crippen molar-refractivity contribution in [3.05, 3.63) is 82.1 Å². The van der Waals surface area contributed by atoms with Gasteiger partial charge in [0, 0.05) is 18.8 Å². The monoisotopic (exact) mass is 591 g/mol. The third kappa shape index (κ3) is 9.28. The molecule has 3 amide bonds. The Balaban J connectivity index is 1.53. The Morgan fingerprint density at radius 1 is 0.929 bits per heavy atom. The lowest BCUT2D eigenvalue weighted by atomic mass is 9.97. The Bertz CT molecular complexity index is 1360. The summed E-state index contributed by atoms with van der Waals surface area (Å²) in [6.07, 6.45) is 5.68. The van der Waals surface area contributed by atoms with Crippen LogP contribution in [0.2, 0.25) is 0 Å². The van der Waals surface area contributed by atoms with Gasteiger partial charge in [-0.3, -0.25) is 24.2 Å². The van der Waals surface area contributed by atoms with Crippen LogP contribution in [0.4, 0.5) is 0 Å². The minimum atomic E-state index is -0.996. The number of epoxide rings is 1. The van der Waals surface area contributed by atoms with Crippen molar-refractivity contribution in [3.8, 4) is 0 Å². The summed E-state index contributed by atoms with van der Waals surface area (Å²) in [5, 5.41) is 9.31. The van der Waals surface area contributed by atoms with Crippen LogP contribution in [0.15, 0.2) is 61.1 Å². The first-order chi connectivity index (χ1) is 20.2. The second-order valence-electron chi connectivity index (χ2n) is 10.8. The minimum absolute atomic E-state index is 0.152. The normalized spacial score (nSPS) is 16.2. The predicted molar refractivity (Wildman–Crippen MR) is 159 cm³/mol. The van der Waals surface area contributed by atoms with E-state index in [-0.39, 0.29) is 18.1 Å². The maximum atomic E-state index is 13.7. The van der Waals surface area contributed by atoms with Gasteiger partial charge in [0.25, 0.3) is 5.91 Å². The van der Waals surface area contributed by atoms with Crippen LogP contribution in [0, 0.1) is 12.8 Å². The number of aryl methyl sites for hydroxylation is 2. The number of pyridine rings is 1. The summed E-state index contributed by atoms with van der Waals surface area (Å²) in [6.45, 7) is 6.10. The summed E-state index contributed by atoms with van der Waals surface area (Å²) in [7, 11) is 0. The molecule has 10 nitrogen and oxygen atoms in total. The molecule has 1 fully saturated rings. The van der Waals surface area contributed by atoms with Gasteiger partial charge in [0.15, 0.2) is 5.78 Å². The number of ether oxygens (including phenoxy) is 1. The number of carbonyl (C=O) groups excluding carboxylic acids is 4. The molecule has 3 N–H and O–H groups in total. The molecule has 0 bridgehead atoms. The van der Waals surface area contributed by atoms with Crippen molar-refractivity contribution in [1.82, 2.24) is 25.9 Å². The molecule has 2 aromatic heterocycles. The van der Waals surface area contributed by atoms with Gasteiger partial charge in [-0.1, -0.05) is 44.2 Å². The fraction of sp³-hybridized carbons (Fsp3) is 0.419. The van der Waals surface area contributed by atoms with E-state index >= 15 is 0 Å². The van der Waals surface area contributed by atoms with Crippen LogP contribution in [0.25, 0.3) is 0 Å². The number of hydrogen-bond donors (Lipinski definition) is 3. The van der Waals surface area contributed by atoms with E-state index in [0.717, 1.165) is 16.1 Å². The van der Waals surface area contributed by atoms with Crippen molar-refractivity contribution in [2.24, 2.45) is 5.92 Å². The number of benzene rings is 1. The van der Waals surface area contributed by atoms with Gasteiger partial charge in [0.1, 0.15) is 23.1 Å². The summed E-state index contributed by atoms with van der Waals surface area (Å²) in [5.74, 6) is -1.40. The van der Waals surface area contributed by atoms with Crippen LogP contribution in [0.5, 0.6) is 0 Å². The number of nitrogens with zero attached hydrogens (tertiary/aromatic N) is 2. The molecule has 11 heteroatoms. The highest BCUT2D eigenvalue weighted by atomic mass is 32.1. The lowest BCUT2D eigenvalue weighted by molar-refractivity contribution is -0.132. The van der Waals surface area contributed by atoms with Crippen molar-refractivity contribution in [2.45, 2.75) is 70.7 Å². The van der Waals surface area contributed by atoms with Gasteiger partial charge < -0.3 is 20.7 Å². The molecule has 3 aromatic rings. The summed E-state index contributed by atoms with van der Waals surface area (Å²) >= 11 is 1.24. The van der Waals surface area contributed by atoms with E-state index < -0.39 is 42.0 Å². The van der Waals surface area contributed by atoms with E-state index in [1.165, 1.54) is 17.5 Å². The van der Waals surface area contributed by atoms with Crippen molar-refractivity contribution < 1.29 is 23.9 Å². The van der Waals surface area contributed by atoms with Gasteiger partial charge in [0.2, 0.25) is 11.8 Å². The largest absolute Gasteiger partial charge is 0.365 e. The van der Waals surface area contributed by atoms with E-state index in [9.17, 15) is 19.2 Å². The van der Waals surface area contributed by atoms with E-state index in [4.69, 9.17) is 4.74 Å². The second-order valence-corrected chi connectivity index (χ2v) is 12.1. The number of hydrogen-bond acceptors (Lipinski definition) is 8. The number of nitrogens with one attached hydrogen (secondary N) is 3. The Kier molecular flexibility index (Phi) is 10.9. The highest BCUT2D eigenvalue weighted by Crippen LogP contribution is 2.17. The third-order valence-corrected chi connectivity index (χ3v) is 7.78. The topological polar surface area (TPSA) is 143 Å². The van der Waals surface area contributed by atoms with E-state index in [1.54, 1.807) is 31.5 Å². The molecule has 0 saturated carbocycles. The number of thiazole rings is 1. The van der Waals surface area contributed by atoms with Crippen molar-refractivity contribution in [1.29, 1.82) is 0 Å². The molecule has 1 saturated heterocycles. The zero-order valence-electron chi connectivity index (χ0n) is 24.0. The molecule has 42 heavy (non-hydrogen) atoms. The van der Waals surface area contributed by atoms with Crippen LogP contribution in [0.3, 0.4) is 0 Å². The smallest absolute Gasteiger partial charge is 0.263 e. The summed E-state index contributed by atoms with van der Waals surface area (Å²) in [4.78, 5) is 61.9. The highest BCUT2D eigenvalue weighted by Gasteiger charge is 2.38. The molecule has 1 unspecified atom stereocenters. The Morgan fingerprint density at radius 2 is 1.60 bits per heavy atom. The van der Waals surface area contributed by atoms with Gasteiger partial charge in [-0.2, -0.15) is 0 Å². The molecule has 0 spiro atoms. The molecule has 4 rings (SSSR count). The first-order valence-corrected chi connectivity index (χ1v) is 14.9. The number of aromatic nitrogens is 2. The number of amides is 3. The molecule has 1 aromatic carbocycles. The van der Waals surface area contributed by atoms with E-state index in [2.05, 4.69) is 25.9 Å². The second kappa shape index (κ2) is 14.8. The lowest BCUT2D eigenvalue weighted by Gasteiger charge is -2.26. The molecular weight excluding hydrogens is 554 g/mol. The fourth-order valence-electron chi connectivity index (χ4n) is 4.58. The maximum absolute atomic E-state index is 13.7. The summed E-state index contributed by atoms with van der Waals surface area (Å²) in [6, 6.07) is 10.5. The molecule has 1 aliphatic rings. The number of Topliss-reactive ketones (excluding diaryl/α,β-unsaturated/α-hetero) is 1. The minimum Gasteiger partial charge on any atom is -0.365 e. The molecule has 0 radical (unpaired) electrons. The zero-order chi connectivity index (χ0) is 30.1. The standard InChI is InChI=1S/C31H37N5O5S/c1-19(2)15-24(28(37)26-18-41-26)35-30(39)25(16-22-11-13-32-14-12-22)36-29(38)23(10-9-21-7-5-4-6-8-21)34-31(40)27-17-33-20(3)42-27/h4-8,11-14,17,19,23-26H,9-10,15-16,18H2,1-3H3,(H,34,40)(H,35,39)(H,36,38)/t23?,24-,25-,26+/m0/s1. The van der Waals surface area contributed by atoms with Crippen LogP contribution in [-0.4, -0.2) is 64.3 Å². The number of rotatable bonds is 15. The molecule has 4 atom stereocenters. The van der Waals surface area contributed by atoms with Gasteiger partial charge in [-0.25, -0.2) is 4.98 Å². The Hall–Kier alpha value is -3.96. The van der Waals surface area contributed by atoms with Crippen LogP contribution < -0.4 is 16.0 Å². The van der Waals surface area contributed by atoms with Gasteiger partial charge >= 0.3 is 0 Å². The molecule has 222 valence electrons. The summed E-state index contributed by atoms with van der Waals surface area (Å²) < 4.78 is 5.18. The van der Waals surface area contributed by atoms with Crippen LogP contribution in [0.1, 0.15) is 52.5 Å². The lowest BCUT2D eigenvalue weighted by Crippen LogP contribution is -2.57. The third-order valence-electron chi connectivity index (χ3n) is 6.87. The van der Waals surface area contributed by atoms with Gasteiger partial charge in [-0.05, 0) is 55.4 Å². The average molecular weight is 592 g/mol. The maximum Gasteiger partial charge on any atom is 0.263 e. The number of carbonyl (C=O) groups is 4. The Labute approximate surface area is 249 Å².